The largest absolute Gasteiger partial charge is 0.354 e. The molecule has 1 aromatic rings. The highest BCUT2D eigenvalue weighted by atomic mass is 35.5. The molecule has 0 bridgehead atoms. The van der Waals surface area contributed by atoms with Gasteiger partial charge < -0.3 is 11.1 Å². The molecule has 0 saturated carbocycles. The summed E-state index contributed by atoms with van der Waals surface area (Å²) in [7, 11) is 0. The molecule has 0 aliphatic carbocycles. The topological polar surface area (TPSA) is 58.4 Å². The molecule has 124 valence electrons. The van der Waals surface area contributed by atoms with Crippen molar-refractivity contribution < 1.29 is 4.79 Å². The lowest BCUT2D eigenvalue weighted by Gasteiger charge is -2.29. The van der Waals surface area contributed by atoms with Gasteiger partial charge in [0.05, 0.1) is 6.04 Å². The van der Waals surface area contributed by atoms with Crippen molar-refractivity contribution in [2.24, 2.45) is 11.7 Å². The van der Waals surface area contributed by atoms with Gasteiger partial charge in [0, 0.05) is 19.0 Å². The number of amides is 1. The maximum atomic E-state index is 11.8. The standard InChI is InChI=1S/C14H25N3OS.2ClH/c1-4-17(5-2)13(12-6-7-19-10-12)9-16-14(18)11(3)8-15;;/h6-7,10-11,13H,4-5,8-9,15H2,1-3H3,(H,16,18);2*1H. The third kappa shape index (κ3) is 6.98. The van der Waals surface area contributed by atoms with Crippen LogP contribution in [0.3, 0.4) is 0 Å². The minimum atomic E-state index is -0.125. The molecule has 3 N–H and O–H groups in total. The van der Waals surface area contributed by atoms with E-state index in [0.29, 0.717) is 13.1 Å². The fraction of sp³-hybridized carbons (Fsp3) is 0.643. The molecular formula is C14H27Cl2N3OS. The van der Waals surface area contributed by atoms with Crippen molar-refractivity contribution in [3.63, 3.8) is 0 Å². The van der Waals surface area contributed by atoms with Gasteiger partial charge >= 0.3 is 0 Å². The molecule has 2 atom stereocenters. The zero-order valence-corrected chi connectivity index (χ0v) is 15.3. The minimum Gasteiger partial charge on any atom is -0.354 e. The highest BCUT2D eigenvalue weighted by molar-refractivity contribution is 7.07. The lowest BCUT2D eigenvalue weighted by Crippen LogP contribution is -2.40. The van der Waals surface area contributed by atoms with Crippen molar-refractivity contribution >= 4 is 42.1 Å². The molecule has 1 aromatic heterocycles. The zero-order chi connectivity index (χ0) is 14.3. The predicted molar refractivity (Wildman–Crippen MR) is 95.7 cm³/mol. The van der Waals surface area contributed by atoms with E-state index in [1.807, 2.05) is 6.92 Å². The van der Waals surface area contributed by atoms with E-state index in [2.05, 4.69) is 40.9 Å². The van der Waals surface area contributed by atoms with Crippen LogP contribution in [0.2, 0.25) is 0 Å². The fourth-order valence-electron chi connectivity index (χ4n) is 2.07. The number of halogens is 2. The van der Waals surface area contributed by atoms with Crippen LogP contribution in [0.25, 0.3) is 0 Å². The van der Waals surface area contributed by atoms with Crippen molar-refractivity contribution in [3.8, 4) is 0 Å². The van der Waals surface area contributed by atoms with Crippen molar-refractivity contribution in [3.05, 3.63) is 22.4 Å². The average molecular weight is 356 g/mol. The van der Waals surface area contributed by atoms with Crippen molar-refractivity contribution in [2.45, 2.75) is 26.8 Å². The Morgan fingerprint density at radius 2 is 2.00 bits per heavy atom. The van der Waals surface area contributed by atoms with Crippen LogP contribution in [0.15, 0.2) is 16.8 Å². The Morgan fingerprint density at radius 1 is 1.38 bits per heavy atom. The first kappa shape index (κ1) is 22.9. The Kier molecular flexibility index (Phi) is 13.4. The van der Waals surface area contributed by atoms with Crippen LogP contribution in [-0.2, 0) is 4.79 Å². The molecule has 0 aliphatic rings. The van der Waals surface area contributed by atoms with Crippen LogP contribution in [0, 0.1) is 5.92 Å². The van der Waals surface area contributed by atoms with Crippen molar-refractivity contribution in [2.75, 3.05) is 26.2 Å². The molecule has 0 spiro atoms. The van der Waals surface area contributed by atoms with E-state index in [-0.39, 0.29) is 42.7 Å². The predicted octanol–water partition coefficient (Wildman–Crippen LogP) is 2.69. The monoisotopic (exact) mass is 355 g/mol. The van der Waals surface area contributed by atoms with Crippen LogP contribution < -0.4 is 11.1 Å². The molecule has 2 unspecified atom stereocenters. The van der Waals surface area contributed by atoms with Crippen molar-refractivity contribution in [1.29, 1.82) is 0 Å². The summed E-state index contributed by atoms with van der Waals surface area (Å²) in [5, 5.41) is 7.25. The molecule has 7 heteroatoms. The summed E-state index contributed by atoms with van der Waals surface area (Å²) in [6, 6.07) is 2.38. The summed E-state index contributed by atoms with van der Waals surface area (Å²) in [5.74, 6) is -0.0882. The zero-order valence-electron chi connectivity index (χ0n) is 12.9. The maximum absolute atomic E-state index is 11.8. The van der Waals surface area contributed by atoms with E-state index in [1.54, 1.807) is 11.3 Å². The van der Waals surface area contributed by atoms with Gasteiger partial charge in [-0.05, 0) is 35.5 Å². The Labute approximate surface area is 144 Å². The molecular weight excluding hydrogens is 329 g/mol. The van der Waals surface area contributed by atoms with Crippen LogP contribution >= 0.6 is 36.2 Å². The number of hydrogen-bond acceptors (Lipinski definition) is 4. The number of nitrogens with two attached hydrogens (primary N) is 1. The number of carbonyl (C=O) groups excluding carboxylic acids is 1. The molecule has 0 aromatic carbocycles. The second kappa shape index (κ2) is 12.2. The highest BCUT2D eigenvalue weighted by Crippen LogP contribution is 2.22. The van der Waals surface area contributed by atoms with Crippen LogP contribution in [-0.4, -0.2) is 37.0 Å². The van der Waals surface area contributed by atoms with Gasteiger partial charge in [-0.3, -0.25) is 9.69 Å². The molecule has 0 aliphatic heterocycles. The number of carbonyl (C=O) groups is 1. The van der Waals surface area contributed by atoms with E-state index in [0.717, 1.165) is 13.1 Å². The van der Waals surface area contributed by atoms with Gasteiger partial charge in [0.15, 0.2) is 0 Å². The maximum Gasteiger partial charge on any atom is 0.224 e. The summed E-state index contributed by atoms with van der Waals surface area (Å²) in [5.41, 5.74) is 6.79. The van der Waals surface area contributed by atoms with E-state index >= 15 is 0 Å². The summed E-state index contributed by atoms with van der Waals surface area (Å²) in [6.07, 6.45) is 0. The molecule has 1 amide bonds. The number of hydrogen-bond donors (Lipinski definition) is 2. The number of nitrogens with zero attached hydrogens (tertiary/aromatic N) is 1. The van der Waals surface area contributed by atoms with E-state index in [1.165, 1.54) is 5.56 Å². The van der Waals surface area contributed by atoms with Gasteiger partial charge in [-0.1, -0.05) is 20.8 Å². The van der Waals surface area contributed by atoms with Gasteiger partial charge in [-0.15, -0.1) is 24.8 Å². The molecule has 4 nitrogen and oxygen atoms in total. The van der Waals surface area contributed by atoms with Gasteiger partial charge in [-0.25, -0.2) is 0 Å². The van der Waals surface area contributed by atoms with Crippen LogP contribution in [0.5, 0.6) is 0 Å². The summed E-state index contributed by atoms with van der Waals surface area (Å²) >= 11 is 1.69. The molecule has 1 heterocycles. The summed E-state index contributed by atoms with van der Waals surface area (Å²) in [6.45, 7) is 9.12. The van der Waals surface area contributed by atoms with Gasteiger partial charge in [0.25, 0.3) is 0 Å². The number of likely N-dealkylation sites (N-methyl/N-ethyl adjacent to an activating group) is 1. The number of thiophene rings is 1. The summed E-state index contributed by atoms with van der Waals surface area (Å²) in [4.78, 5) is 14.2. The summed E-state index contributed by atoms with van der Waals surface area (Å²) < 4.78 is 0. The van der Waals surface area contributed by atoms with Gasteiger partial charge in [0.1, 0.15) is 0 Å². The SMILES string of the molecule is CCN(CC)C(CNC(=O)C(C)CN)c1ccsc1.Cl.Cl. The highest BCUT2D eigenvalue weighted by Gasteiger charge is 2.20. The van der Waals surface area contributed by atoms with Crippen LogP contribution in [0.1, 0.15) is 32.4 Å². The van der Waals surface area contributed by atoms with E-state index in [4.69, 9.17) is 5.73 Å². The third-order valence-corrected chi connectivity index (χ3v) is 4.15. The second-order valence-electron chi connectivity index (χ2n) is 4.68. The lowest BCUT2D eigenvalue weighted by atomic mass is 10.1. The Balaban J connectivity index is 0. The molecule has 0 fully saturated rings. The Bertz CT molecular complexity index is 372. The Morgan fingerprint density at radius 3 is 2.43 bits per heavy atom. The smallest absolute Gasteiger partial charge is 0.224 e. The first-order valence-electron chi connectivity index (χ1n) is 6.87. The quantitative estimate of drug-likeness (QED) is 0.753. The first-order chi connectivity index (χ1) is 9.13. The molecule has 0 saturated heterocycles. The average Bonchev–Trinajstić information content (AvgIpc) is 2.95. The normalized spacial score (nSPS) is 13.0. The third-order valence-electron chi connectivity index (χ3n) is 3.45. The Hall–Kier alpha value is -0.330. The van der Waals surface area contributed by atoms with Gasteiger partial charge in [0.2, 0.25) is 5.91 Å². The molecule has 0 radical (unpaired) electrons. The molecule has 21 heavy (non-hydrogen) atoms. The van der Waals surface area contributed by atoms with E-state index in [9.17, 15) is 4.79 Å². The van der Waals surface area contributed by atoms with Gasteiger partial charge in [-0.2, -0.15) is 11.3 Å². The van der Waals surface area contributed by atoms with Crippen molar-refractivity contribution in [1.82, 2.24) is 10.2 Å². The van der Waals surface area contributed by atoms with E-state index < -0.39 is 0 Å². The van der Waals surface area contributed by atoms with Crippen LogP contribution in [0.4, 0.5) is 0 Å². The molecule has 1 rings (SSSR count). The first-order valence-corrected chi connectivity index (χ1v) is 7.82. The number of nitrogens with one attached hydrogen (secondary N) is 1. The second-order valence-corrected chi connectivity index (χ2v) is 5.46. The number of rotatable bonds is 8. The minimum absolute atomic E-state index is 0. The fourth-order valence-corrected chi connectivity index (χ4v) is 2.77. The lowest BCUT2D eigenvalue weighted by molar-refractivity contribution is -0.124.